The molecule has 124 valence electrons. The van der Waals surface area contributed by atoms with Crippen LogP contribution in [0, 0.1) is 6.92 Å². The number of hydrogen-bond donors (Lipinski definition) is 0. The third-order valence-electron chi connectivity index (χ3n) is 4.22. The van der Waals surface area contributed by atoms with Crippen LogP contribution in [0.15, 0.2) is 83.8 Å². The third kappa shape index (κ3) is 2.85. The minimum Gasteiger partial charge on any atom is -0.378 e. The molecule has 0 spiro atoms. The third-order valence-corrected chi connectivity index (χ3v) is 5.46. The zero-order chi connectivity index (χ0) is 17.4. The highest BCUT2D eigenvalue weighted by Gasteiger charge is 2.20. The van der Waals surface area contributed by atoms with E-state index < -0.39 is 10.1 Å². The molecule has 0 bridgehead atoms. The van der Waals surface area contributed by atoms with Crippen LogP contribution < -0.4 is 4.18 Å². The van der Waals surface area contributed by atoms with Crippen LogP contribution in [0.4, 0.5) is 0 Å². The fourth-order valence-electron chi connectivity index (χ4n) is 2.92. The van der Waals surface area contributed by atoms with Gasteiger partial charge in [-0.2, -0.15) is 8.42 Å². The van der Waals surface area contributed by atoms with Crippen molar-refractivity contribution < 1.29 is 12.6 Å². The van der Waals surface area contributed by atoms with Crippen LogP contribution in [0.25, 0.3) is 21.5 Å². The van der Waals surface area contributed by atoms with Gasteiger partial charge in [-0.05, 0) is 35.9 Å². The first-order valence-corrected chi connectivity index (χ1v) is 9.37. The number of hydrogen-bond acceptors (Lipinski definition) is 3. The topological polar surface area (TPSA) is 43.4 Å². The maximum Gasteiger partial charge on any atom is 0.339 e. The predicted octanol–water partition coefficient (Wildman–Crippen LogP) is 5.07. The Balaban J connectivity index is 1.94. The average Bonchev–Trinajstić information content (AvgIpc) is 2.62. The van der Waals surface area contributed by atoms with Crippen LogP contribution in [-0.4, -0.2) is 8.42 Å². The zero-order valence-electron chi connectivity index (χ0n) is 13.6. The number of rotatable bonds is 3. The Morgan fingerprint density at radius 1 is 0.720 bits per heavy atom. The molecule has 25 heavy (non-hydrogen) atoms. The van der Waals surface area contributed by atoms with Crippen molar-refractivity contribution in [2.24, 2.45) is 0 Å². The predicted molar refractivity (Wildman–Crippen MR) is 100 cm³/mol. The smallest absolute Gasteiger partial charge is 0.339 e. The van der Waals surface area contributed by atoms with Gasteiger partial charge in [0.1, 0.15) is 4.90 Å². The summed E-state index contributed by atoms with van der Waals surface area (Å²) in [6, 6.07) is 24.0. The molecule has 3 nitrogen and oxygen atoms in total. The van der Waals surface area contributed by atoms with Crippen LogP contribution in [0.1, 0.15) is 5.56 Å². The van der Waals surface area contributed by atoms with Crippen LogP contribution in [0.3, 0.4) is 0 Å². The highest BCUT2D eigenvalue weighted by atomic mass is 32.2. The fourth-order valence-corrected chi connectivity index (χ4v) is 3.89. The van der Waals surface area contributed by atoms with Gasteiger partial charge in [-0.25, -0.2) is 0 Å². The molecule has 0 N–H and O–H groups in total. The van der Waals surface area contributed by atoms with Gasteiger partial charge < -0.3 is 4.18 Å². The summed E-state index contributed by atoms with van der Waals surface area (Å²) in [5.41, 5.74) is 0.995. The Labute approximate surface area is 146 Å². The Bertz CT molecular complexity index is 1120. The lowest BCUT2D eigenvalue weighted by molar-refractivity contribution is 0.491. The van der Waals surface area contributed by atoms with Gasteiger partial charge in [-0.15, -0.1) is 0 Å². The minimum atomic E-state index is -3.91. The van der Waals surface area contributed by atoms with E-state index in [1.807, 2.05) is 61.5 Å². The molecule has 0 unspecified atom stereocenters. The van der Waals surface area contributed by atoms with Gasteiger partial charge in [0.25, 0.3) is 0 Å². The van der Waals surface area contributed by atoms with Crippen molar-refractivity contribution >= 4 is 31.7 Å². The summed E-state index contributed by atoms with van der Waals surface area (Å²) >= 11 is 0. The summed E-state index contributed by atoms with van der Waals surface area (Å²) in [6.45, 7) is 1.91. The van der Waals surface area contributed by atoms with E-state index in [9.17, 15) is 8.42 Å². The molecule has 0 fully saturated rings. The van der Waals surface area contributed by atoms with Crippen molar-refractivity contribution in [2.45, 2.75) is 11.8 Å². The summed E-state index contributed by atoms with van der Waals surface area (Å²) in [7, 11) is -3.91. The lowest BCUT2D eigenvalue weighted by Crippen LogP contribution is -2.10. The Morgan fingerprint density at radius 2 is 1.24 bits per heavy atom. The second-order valence-electron chi connectivity index (χ2n) is 6.00. The monoisotopic (exact) mass is 348 g/mol. The molecule has 0 saturated carbocycles. The lowest BCUT2D eigenvalue weighted by atomic mass is 10.0. The summed E-state index contributed by atoms with van der Waals surface area (Å²) in [6.07, 6.45) is 0. The molecular weight excluding hydrogens is 332 g/mol. The standard InChI is InChI=1S/C21H16O3S/c1-15-10-12-18(13-11-15)25(22,23)24-21-19-8-4-2-6-16(19)14-17-7-3-5-9-20(17)21/h2-14H,1H3. The number of benzene rings is 4. The molecule has 0 aliphatic heterocycles. The maximum absolute atomic E-state index is 12.8. The van der Waals surface area contributed by atoms with Crippen molar-refractivity contribution in [3.63, 3.8) is 0 Å². The molecule has 4 heteroatoms. The van der Waals surface area contributed by atoms with E-state index in [1.54, 1.807) is 24.3 Å². The van der Waals surface area contributed by atoms with Gasteiger partial charge in [-0.1, -0.05) is 66.2 Å². The summed E-state index contributed by atoms with van der Waals surface area (Å²) < 4.78 is 31.2. The van der Waals surface area contributed by atoms with Crippen LogP contribution in [-0.2, 0) is 10.1 Å². The van der Waals surface area contributed by atoms with E-state index in [2.05, 4.69) is 0 Å². The second kappa shape index (κ2) is 5.90. The molecule has 0 amide bonds. The number of aryl methyl sites for hydroxylation is 1. The number of fused-ring (bicyclic) bond motifs is 2. The normalized spacial score (nSPS) is 11.7. The molecule has 4 aromatic rings. The fraction of sp³-hybridized carbons (Fsp3) is 0.0476. The van der Waals surface area contributed by atoms with Crippen LogP contribution in [0.5, 0.6) is 5.75 Å². The SMILES string of the molecule is Cc1ccc(S(=O)(=O)Oc2c3ccccc3cc3ccccc23)cc1. The largest absolute Gasteiger partial charge is 0.378 e. The van der Waals surface area contributed by atoms with E-state index >= 15 is 0 Å². The lowest BCUT2D eigenvalue weighted by Gasteiger charge is -2.13. The molecule has 0 saturated heterocycles. The molecule has 4 rings (SSSR count). The van der Waals surface area contributed by atoms with Crippen LogP contribution >= 0.6 is 0 Å². The molecule has 0 aliphatic carbocycles. The van der Waals surface area contributed by atoms with Crippen molar-refractivity contribution in [2.75, 3.05) is 0 Å². The summed E-state index contributed by atoms with van der Waals surface area (Å²) in [4.78, 5) is 0.148. The van der Waals surface area contributed by atoms with E-state index in [-0.39, 0.29) is 4.90 Å². The van der Waals surface area contributed by atoms with Crippen molar-refractivity contribution in [3.8, 4) is 5.75 Å². The summed E-state index contributed by atoms with van der Waals surface area (Å²) in [5.74, 6) is 0.370. The van der Waals surface area contributed by atoms with E-state index in [1.165, 1.54) is 0 Å². The van der Waals surface area contributed by atoms with E-state index in [0.29, 0.717) is 5.75 Å². The molecule has 4 aromatic carbocycles. The van der Waals surface area contributed by atoms with Gasteiger partial charge in [-0.3, -0.25) is 0 Å². The zero-order valence-corrected chi connectivity index (χ0v) is 14.5. The minimum absolute atomic E-state index is 0.148. The highest BCUT2D eigenvalue weighted by molar-refractivity contribution is 7.87. The molecule has 0 aromatic heterocycles. The van der Waals surface area contributed by atoms with Gasteiger partial charge in [0, 0.05) is 10.8 Å². The Morgan fingerprint density at radius 3 is 1.80 bits per heavy atom. The molecule has 0 aliphatic rings. The van der Waals surface area contributed by atoms with Crippen molar-refractivity contribution in [3.05, 3.63) is 84.4 Å². The first-order valence-electron chi connectivity index (χ1n) is 7.96. The van der Waals surface area contributed by atoms with Gasteiger partial charge in [0.05, 0.1) is 0 Å². The van der Waals surface area contributed by atoms with E-state index in [0.717, 1.165) is 27.1 Å². The second-order valence-corrected chi connectivity index (χ2v) is 7.54. The average molecular weight is 348 g/mol. The first-order chi connectivity index (χ1) is 12.0. The molecule has 0 radical (unpaired) electrons. The summed E-state index contributed by atoms with van der Waals surface area (Å²) in [5, 5.41) is 3.43. The Kier molecular flexibility index (Phi) is 3.70. The maximum atomic E-state index is 12.8. The van der Waals surface area contributed by atoms with Gasteiger partial charge >= 0.3 is 10.1 Å². The molecule has 0 atom stereocenters. The quantitative estimate of drug-likeness (QED) is 0.383. The van der Waals surface area contributed by atoms with Gasteiger partial charge in [0.2, 0.25) is 0 Å². The molecule has 0 heterocycles. The van der Waals surface area contributed by atoms with Crippen LogP contribution in [0.2, 0.25) is 0 Å². The highest BCUT2D eigenvalue weighted by Crippen LogP contribution is 2.36. The van der Waals surface area contributed by atoms with Crippen molar-refractivity contribution in [1.29, 1.82) is 0 Å². The van der Waals surface area contributed by atoms with E-state index in [4.69, 9.17) is 4.18 Å². The first kappa shape index (κ1) is 15.7. The van der Waals surface area contributed by atoms with Crippen molar-refractivity contribution in [1.82, 2.24) is 0 Å². The Hall–Kier alpha value is -2.85. The van der Waals surface area contributed by atoms with Gasteiger partial charge in [0.15, 0.2) is 5.75 Å². The molecular formula is C21H16O3S.